The number of aryl methyl sites for hydroxylation is 1. The Labute approximate surface area is 159 Å². The largest absolute Gasteiger partial charge is 0.497 e. The summed E-state index contributed by atoms with van der Waals surface area (Å²) in [6.45, 7) is 6.47. The molecule has 0 aromatic heterocycles. The second-order valence-corrected chi connectivity index (χ2v) is 6.43. The molecule has 2 N–H and O–H groups in total. The lowest BCUT2D eigenvalue weighted by atomic mass is 9.98. The number of nitrogens with one attached hydrogen (secondary N) is 2. The molecule has 27 heavy (non-hydrogen) atoms. The summed E-state index contributed by atoms with van der Waals surface area (Å²) in [5.41, 5.74) is 2.62. The zero-order chi connectivity index (χ0) is 19.8. The Kier molecular flexibility index (Phi) is 7.23. The fourth-order valence-electron chi connectivity index (χ4n) is 2.60. The van der Waals surface area contributed by atoms with E-state index >= 15 is 0 Å². The highest BCUT2D eigenvalue weighted by Crippen LogP contribution is 2.27. The summed E-state index contributed by atoms with van der Waals surface area (Å²) in [5, 5.41) is 5.29. The molecule has 2 amide bonds. The predicted molar refractivity (Wildman–Crippen MR) is 105 cm³/mol. The minimum atomic E-state index is -0.689. The SMILES string of the molecule is COc1ccc(OCCNC(=O)C(=O)Nc2c(C)cccc2C(C)C)cc1. The van der Waals surface area contributed by atoms with Gasteiger partial charge in [0.05, 0.1) is 13.7 Å². The van der Waals surface area contributed by atoms with Crippen molar-refractivity contribution in [1.29, 1.82) is 0 Å². The number of hydrogen-bond acceptors (Lipinski definition) is 4. The molecular formula is C21H26N2O4. The molecule has 0 saturated carbocycles. The van der Waals surface area contributed by atoms with Gasteiger partial charge in [0.2, 0.25) is 0 Å². The number of anilines is 1. The number of rotatable bonds is 7. The summed E-state index contributed by atoms with van der Waals surface area (Å²) in [4.78, 5) is 24.2. The number of carbonyl (C=O) groups excluding carboxylic acids is 2. The van der Waals surface area contributed by atoms with Crippen LogP contribution >= 0.6 is 0 Å². The second-order valence-electron chi connectivity index (χ2n) is 6.43. The summed E-state index contributed by atoms with van der Waals surface area (Å²) < 4.78 is 10.6. The van der Waals surface area contributed by atoms with Gasteiger partial charge in [-0.3, -0.25) is 9.59 Å². The van der Waals surface area contributed by atoms with Crippen molar-refractivity contribution in [3.05, 3.63) is 53.6 Å². The van der Waals surface area contributed by atoms with Gasteiger partial charge in [0.25, 0.3) is 0 Å². The molecule has 0 spiro atoms. The first kappa shape index (κ1) is 20.3. The Bertz CT molecular complexity index is 785. The monoisotopic (exact) mass is 370 g/mol. The molecule has 0 bridgehead atoms. The summed E-state index contributed by atoms with van der Waals surface area (Å²) in [6, 6.07) is 12.9. The summed E-state index contributed by atoms with van der Waals surface area (Å²) in [7, 11) is 1.59. The molecule has 0 aliphatic carbocycles. The van der Waals surface area contributed by atoms with Crippen molar-refractivity contribution in [2.45, 2.75) is 26.7 Å². The zero-order valence-corrected chi connectivity index (χ0v) is 16.2. The standard InChI is InChI=1S/C21H26N2O4/c1-14(2)18-7-5-6-15(3)19(18)23-21(25)20(24)22-12-13-27-17-10-8-16(26-4)9-11-17/h5-11,14H,12-13H2,1-4H3,(H,22,24)(H,23,25). The van der Waals surface area contributed by atoms with Gasteiger partial charge in [-0.05, 0) is 48.2 Å². The highest BCUT2D eigenvalue weighted by Gasteiger charge is 2.17. The molecule has 0 saturated heterocycles. The number of benzene rings is 2. The Morgan fingerprint density at radius 2 is 1.67 bits per heavy atom. The normalized spacial score (nSPS) is 10.4. The molecule has 6 nitrogen and oxygen atoms in total. The van der Waals surface area contributed by atoms with Crippen molar-refractivity contribution in [1.82, 2.24) is 5.32 Å². The number of amides is 2. The number of methoxy groups -OCH3 is 1. The Hall–Kier alpha value is -3.02. The van der Waals surface area contributed by atoms with E-state index in [-0.39, 0.29) is 19.1 Å². The number of para-hydroxylation sites is 1. The number of ether oxygens (including phenoxy) is 2. The lowest BCUT2D eigenvalue weighted by Gasteiger charge is -2.16. The van der Waals surface area contributed by atoms with Crippen molar-refractivity contribution in [3.8, 4) is 11.5 Å². The third-order valence-electron chi connectivity index (χ3n) is 4.09. The van der Waals surface area contributed by atoms with Crippen LogP contribution in [-0.4, -0.2) is 32.1 Å². The summed E-state index contributed by atoms with van der Waals surface area (Å²) in [6.07, 6.45) is 0. The number of hydrogen-bond donors (Lipinski definition) is 2. The third-order valence-corrected chi connectivity index (χ3v) is 4.09. The van der Waals surface area contributed by atoms with E-state index in [1.54, 1.807) is 31.4 Å². The van der Waals surface area contributed by atoms with Crippen molar-refractivity contribution in [2.75, 3.05) is 25.6 Å². The van der Waals surface area contributed by atoms with Crippen LogP contribution in [0.15, 0.2) is 42.5 Å². The first-order valence-electron chi connectivity index (χ1n) is 8.88. The van der Waals surface area contributed by atoms with Gasteiger partial charge in [-0.2, -0.15) is 0 Å². The molecule has 0 heterocycles. The molecule has 0 atom stereocenters. The van der Waals surface area contributed by atoms with Gasteiger partial charge in [0, 0.05) is 5.69 Å². The lowest BCUT2D eigenvalue weighted by Crippen LogP contribution is -2.37. The van der Waals surface area contributed by atoms with E-state index in [2.05, 4.69) is 10.6 Å². The first-order valence-corrected chi connectivity index (χ1v) is 8.88. The van der Waals surface area contributed by atoms with Gasteiger partial charge in [0.1, 0.15) is 18.1 Å². The highest BCUT2D eigenvalue weighted by molar-refractivity contribution is 6.39. The van der Waals surface area contributed by atoms with E-state index in [1.165, 1.54) is 0 Å². The van der Waals surface area contributed by atoms with Gasteiger partial charge in [-0.15, -0.1) is 0 Å². The summed E-state index contributed by atoms with van der Waals surface area (Å²) in [5.74, 6) is 0.267. The molecule has 2 rings (SSSR count). The molecule has 0 unspecified atom stereocenters. The van der Waals surface area contributed by atoms with E-state index in [0.29, 0.717) is 11.4 Å². The maximum Gasteiger partial charge on any atom is 0.313 e. The lowest BCUT2D eigenvalue weighted by molar-refractivity contribution is -0.136. The molecule has 0 aliphatic rings. The van der Waals surface area contributed by atoms with E-state index in [9.17, 15) is 9.59 Å². The molecular weight excluding hydrogens is 344 g/mol. The van der Waals surface area contributed by atoms with Crippen LogP contribution in [0.1, 0.15) is 30.9 Å². The average Bonchev–Trinajstić information content (AvgIpc) is 2.66. The molecule has 0 radical (unpaired) electrons. The average molecular weight is 370 g/mol. The molecule has 2 aromatic rings. The molecule has 6 heteroatoms. The first-order chi connectivity index (χ1) is 12.9. The van der Waals surface area contributed by atoms with Crippen molar-refractivity contribution in [3.63, 3.8) is 0 Å². The summed E-state index contributed by atoms with van der Waals surface area (Å²) >= 11 is 0. The highest BCUT2D eigenvalue weighted by atomic mass is 16.5. The van der Waals surface area contributed by atoms with Crippen molar-refractivity contribution >= 4 is 17.5 Å². The van der Waals surface area contributed by atoms with Crippen molar-refractivity contribution in [2.24, 2.45) is 0 Å². The van der Waals surface area contributed by atoms with Crippen LogP contribution in [0.4, 0.5) is 5.69 Å². The zero-order valence-electron chi connectivity index (χ0n) is 16.2. The fourth-order valence-corrected chi connectivity index (χ4v) is 2.60. The van der Waals surface area contributed by atoms with E-state index in [0.717, 1.165) is 16.9 Å². The second kappa shape index (κ2) is 9.62. The van der Waals surface area contributed by atoms with Crippen LogP contribution in [0.2, 0.25) is 0 Å². The van der Waals surface area contributed by atoms with E-state index in [1.807, 2.05) is 39.0 Å². The van der Waals surface area contributed by atoms with Crippen LogP contribution < -0.4 is 20.1 Å². The van der Waals surface area contributed by atoms with Crippen LogP contribution in [-0.2, 0) is 9.59 Å². The minimum absolute atomic E-state index is 0.225. The Morgan fingerprint density at radius 1 is 1.00 bits per heavy atom. The Balaban J connectivity index is 1.83. The number of carbonyl (C=O) groups is 2. The topological polar surface area (TPSA) is 76.7 Å². The molecule has 0 fully saturated rings. The molecule has 0 aliphatic heterocycles. The Morgan fingerprint density at radius 3 is 2.30 bits per heavy atom. The van der Waals surface area contributed by atoms with Gasteiger partial charge < -0.3 is 20.1 Å². The predicted octanol–water partition coefficient (Wildman–Crippen LogP) is 3.26. The molecule has 2 aromatic carbocycles. The van der Waals surface area contributed by atoms with Crippen LogP contribution in [0, 0.1) is 6.92 Å². The third kappa shape index (κ3) is 5.74. The van der Waals surface area contributed by atoms with E-state index in [4.69, 9.17) is 9.47 Å². The minimum Gasteiger partial charge on any atom is -0.497 e. The fraction of sp³-hybridized carbons (Fsp3) is 0.333. The maximum absolute atomic E-state index is 12.2. The van der Waals surface area contributed by atoms with Crippen LogP contribution in [0.5, 0.6) is 11.5 Å². The smallest absolute Gasteiger partial charge is 0.313 e. The molecule has 144 valence electrons. The van der Waals surface area contributed by atoms with Crippen LogP contribution in [0.3, 0.4) is 0 Å². The van der Waals surface area contributed by atoms with Gasteiger partial charge in [0.15, 0.2) is 0 Å². The van der Waals surface area contributed by atoms with Gasteiger partial charge >= 0.3 is 11.8 Å². The van der Waals surface area contributed by atoms with E-state index < -0.39 is 11.8 Å². The quantitative estimate of drug-likeness (QED) is 0.579. The van der Waals surface area contributed by atoms with Gasteiger partial charge in [-0.25, -0.2) is 0 Å². The van der Waals surface area contributed by atoms with Crippen molar-refractivity contribution < 1.29 is 19.1 Å². The van der Waals surface area contributed by atoms with Gasteiger partial charge in [-0.1, -0.05) is 32.0 Å². The maximum atomic E-state index is 12.2. The van der Waals surface area contributed by atoms with Crippen LogP contribution in [0.25, 0.3) is 0 Å².